The average Bonchev–Trinajstić information content (AvgIpc) is 3.20. The van der Waals surface area contributed by atoms with Gasteiger partial charge in [-0.25, -0.2) is 0 Å². The first kappa shape index (κ1) is 23.2. The lowest BCUT2D eigenvalue weighted by atomic mass is 10.2. The number of hydrogen-bond acceptors (Lipinski definition) is 5. The number of H-pyrrole nitrogens is 1. The molecule has 2 heterocycles. The first-order valence-electron chi connectivity index (χ1n) is 11.1. The van der Waals surface area contributed by atoms with E-state index in [1.165, 1.54) is 5.69 Å². The Labute approximate surface area is 185 Å². The van der Waals surface area contributed by atoms with Crippen LogP contribution in [0.25, 0.3) is 10.9 Å². The van der Waals surface area contributed by atoms with E-state index in [1.54, 1.807) is 14.2 Å². The molecular weight excluding hydrogens is 394 g/mol. The maximum atomic E-state index is 5.54. The predicted molar refractivity (Wildman–Crippen MR) is 126 cm³/mol. The van der Waals surface area contributed by atoms with Gasteiger partial charge in [-0.2, -0.15) is 0 Å². The summed E-state index contributed by atoms with van der Waals surface area (Å²) in [5.41, 5.74) is 2.21. The van der Waals surface area contributed by atoms with Gasteiger partial charge in [0.05, 0.1) is 33.0 Å². The lowest BCUT2D eigenvalue weighted by Gasteiger charge is -2.38. The van der Waals surface area contributed by atoms with Crippen molar-refractivity contribution in [3.63, 3.8) is 0 Å². The number of aromatic amines is 1. The number of fused-ring (bicyclic) bond motifs is 1. The third-order valence-corrected chi connectivity index (χ3v) is 5.87. The van der Waals surface area contributed by atoms with Gasteiger partial charge in [0.15, 0.2) is 5.96 Å². The minimum atomic E-state index is 0.427. The zero-order valence-electron chi connectivity index (χ0n) is 19.5. The maximum Gasteiger partial charge on any atom is 0.191 e. The smallest absolute Gasteiger partial charge is 0.191 e. The molecule has 0 spiro atoms. The monoisotopic (exact) mass is 431 g/mol. The van der Waals surface area contributed by atoms with Gasteiger partial charge in [-0.3, -0.25) is 9.89 Å². The molecule has 3 rings (SSSR count). The van der Waals surface area contributed by atoms with Gasteiger partial charge in [0, 0.05) is 62.0 Å². The number of aromatic nitrogens is 1. The van der Waals surface area contributed by atoms with E-state index in [1.807, 2.05) is 19.2 Å². The molecule has 0 aliphatic carbocycles. The molecule has 1 fully saturated rings. The molecule has 1 saturated heterocycles. The third kappa shape index (κ3) is 6.04. The molecule has 8 nitrogen and oxygen atoms in total. The number of guanidine groups is 1. The first-order chi connectivity index (χ1) is 15.0. The summed E-state index contributed by atoms with van der Waals surface area (Å²) in [6, 6.07) is 6.95. The van der Waals surface area contributed by atoms with Crippen LogP contribution in [-0.2, 0) is 11.2 Å². The largest absolute Gasteiger partial charge is 0.497 e. The molecule has 2 atom stereocenters. The van der Waals surface area contributed by atoms with Gasteiger partial charge in [-0.1, -0.05) is 0 Å². The molecule has 2 aromatic rings. The lowest BCUT2D eigenvalue weighted by Crippen LogP contribution is -2.53. The Balaban J connectivity index is 1.45. The maximum absolute atomic E-state index is 5.54. The van der Waals surface area contributed by atoms with Crippen molar-refractivity contribution >= 4 is 16.9 Å². The quantitative estimate of drug-likeness (QED) is 0.321. The van der Waals surface area contributed by atoms with E-state index in [2.05, 4.69) is 45.4 Å². The van der Waals surface area contributed by atoms with E-state index in [4.69, 9.17) is 14.2 Å². The Kier molecular flexibility index (Phi) is 8.43. The van der Waals surface area contributed by atoms with Crippen molar-refractivity contribution in [3.05, 3.63) is 23.9 Å². The number of hydrogen-bond donors (Lipinski definition) is 3. The number of nitrogens with zero attached hydrogens (tertiary/aromatic N) is 2. The second kappa shape index (κ2) is 11.2. The van der Waals surface area contributed by atoms with Crippen LogP contribution in [0.2, 0.25) is 0 Å². The van der Waals surface area contributed by atoms with Gasteiger partial charge >= 0.3 is 0 Å². The molecule has 172 valence electrons. The van der Waals surface area contributed by atoms with Crippen LogP contribution in [0.4, 0.5) is 0 Å². The van der Waals surface area contributed by atoms with Crippen molar-refractivity contribution in [1.82, 2.24) is 20.5 Å². The van der Waals surface area contributed by atoms with E-state index in [0.29, 0.717) is 12.1 Å². The summed E-state index contributed by atoms with van der Waals surface area (Å²) in [7, 11) is 5.16. The van der Waals surface area contributed by atoms with Gasteiger partial charge < -0.3 is 29.8 Å². The number of morpholine rings is 1. The third-order valence-electron chi connectivity index (χ3n) is 5.87. The normalized spacial score (nSPS) is 18.7. The first-order valence-corrected chi connectivity index (χ1v) is 11.1. The molecule has 0 bridgehead atoms. The molecule has 1 aromatic heterocycles. The average molecular weight is 432 g/mol. The van der Waals surface area contributed by atoms with Crippen LogP contribution >= 0.6 is 0 Å². The second-order valence-electron chi connectivity index (χ2n) is 8.08. The SMILES string of the molecule is CN=C(NCCCc1cc2c(OC)cc(OC)cc2[nH]1)NCC(C)N1CCOCC1C. The molecule has 0 saturated carbocycles. The van der Waals surface area contributed by atoms with Gasteiger partial charge in [-0.15, -0.1) is 0 Å². The highest BCUT2D eigenvalue weighted by Crippen LogP contribution is 2.31. The number of aliphatic imine (C=N–C) groups is 1. The highest BCUT2D eigenvalue weighted by Gasteiger charge is 2.23. The highest BCUT2D eigenvalue weighted by molar-refractivity contribution is 5.88. The Morgan fingerprint density at radius 2 is 2.13 bits per heavy atom. The summed E-state index contributed by atoms with van der Waals surface area (Å²) >= 11 is 0. The number of benzene rings is 1. The van der Waals surface area contributed by atoms with Gasteiger partial charge in [0.25, 0.3) is 0 Å². The van der Waals surface area contributed by atoms with Crippen LogP contribution in [0, 0.1) is 0 Å². The van der Waals surface area contributed by atoms with Gasteiger partial charge in [-0.05, 0) is 32.8 Å². The fourth-order valence-electron chi connectivity index (χ4n) is 4.12. The van der Waals surface area contributed by atoms with Gasteiger partial charge in [0.2, 0.25) is 0 Å². The second-order valence-corrected chi connectivity index (χ2v) is 8.08. The molecule has 8 heteroatoms. The van der Waals surface area contributed by atoms with Crippen molar-refractivity contribution in [2.24, 2.45) is 4.99 Å². The molecule has 1 aliphatic heterocycles. The topological polar surface area (TPSA) is 83.1 Å². The molecule has 3 N–H and O–H groups in total. The van der Waals surface area contributed by atoms with E-state index >= 15 is 0 Å². The Morgan fingerprint density at radius 1 is 1.29 bits per heavy atom. The number of aryl methyl sites for hydroxylation is 1. The summed E-state index contributed by atoms with van der Waals surface area (Å²) < 4.78 is 16.4. The van der Waals surface area contributed by atoms with Crippen LogP contribution in [0.1, 0.15) is 26.0 Å². The minimum absolute atomic E-state index is 0.427. The van der Waals surface area contributed by atoms with Crippen molar-refractivity contribution in [3.8, 4) is 11.5 Å². The predicted octanol–water partition coefficient (Wildman–Crippen LogP) is 2.39. The summed E-state index contributed by atoms with van der Waals surface area (Å²) in [5, 5.41) is 7.95. The molecule has 2 unspecified atom stereocenters. The number of nitrogens with one attached hydrogen (secondary N) is 3. The summed E-state index contributed by atoms with van der Waals surface area (Å²) in [4.78, 5) is 10.3. The molecule has 31 heavy (non-hydrogen) atoms. The lowest BCUT2D eigenvalue weighted by molar-refractivity contribution is -0.0174. The molecule has 1 aromatic carbocycles. The fourth-order valence-corrected chi connectivity index (χ4v) is 4.12. The van der Waals surface area contributed by atoms with E-state index in [0.717, 1.165) is 74.1 Å². The minimum Gasteiger partial charge on any atom is -0.497 e. The van der Waals surface area contributed by atoms with Crippen molar-refractivity contribution in [1.29, 1.82) is 0 Å². The van der Waals surface area contributed by atoms with Crippen LogP contribution in [0.3, 0.4) is 0 Å². The van der Waals surface area contributed by atoms with E-state index < -0.39 is 0 Å². The molecule has 1 aliphatic rings. The summed E-state index contributed by atoms with van der Waals surface area (Å²) in [6.45, 7) is 8.78. The Bertz CT molecular complexity index is 866. The highest BCUT2D eigenvalue weighted by atomic mass is 16.5. The van der Waals surface area contributed by atoms with Crippen LogP contribution in [-0.4, -0.2) is 82.0 Å². The van der Waals surface area contributed by atoms with Crippen LogP contribution in [0.5, 0.6) is 11.5 Å². The zero-order chi connectivity index (χ0) is 22.2. The molecule has 0 radical (unpaired) electrons. The van der Waals surface area contributed by atoms with Crippen LogP contribution < -0.4 is 20.1 Å². The number of rotatable bonds is 9. The summed E-state index contributed by atoms with van der Waals surface area (Å²) in [5.74, 6) is 2.45. The van der Waals surface area contributed by atoms with Gasteiger partial charge in [0.1, 0.15) is 11.5 Å². The zero-order valence-corrected chi connectivity index (χ0v) is 19.5. The van der Waals surface area contributed by atoms with Crippen molar-refractivity contribution < 1.29 is 14.2 Å². The standard InChI is InChI=1S/C23H37N5O3/c1-16(28-9-10-31-15-17(28)2)14-26-23(24-3)25-8-6-7-18-11-20-21(27-18)12-19(29-4)13-22(20)30-5/h11-13,16-17,27H,6-10,14-15H2,1-5H3,(H2,24,25,26). The molecule has 0 amide bonds. The molecular formula is C23H37N5O3. The number of methoxy groups -OCH3 is 2. The van der Waals surface area contributed by atoms with Crippen molar-refractivity contribution in [2.75, 3.05) is 54.1 Å². The van der Waals surface area contributed by atoms with Crippen LogP contribution in [0.15, 0.2) is 23.2 Å². The fraction of sp³-hybridized carbons (Fsp3) is 0.609. The Hall–Kier alpha value is -2.45. The van der Waals surface area contributed by atoms with E-state index in [9.17, 15) is 0 Å². The van der Waals surface area contributed by atoms with Crippen molar-refractivity contribution in [2.45, 2.75) is 38.8 Å². The summed E-state index contributed by atoms with van der Waals surface area (Å²) in [6.07, 6.45) is 1.93. The number of ether oxygens (including phenoxy) is 3. The Morgan fingerprint density at radius 3 is 2.84 bits per heavy atom. The van der Waals surface area contributed by atoms with E-state index in [-0.39, 0.29) is 0 Å².